The number of hydrogen-bond acceptors (Lipinski definition) is 6. The zero-order valence-electron chi connectivity index (χ0n) is 26.6. The van der Waals surface area contributed by atoms with Gasteiger partial charge in [0.1, 0.15) is 23.0 Å². The first-order chi connectivity index (χ1) is 21.5. The molecule has 5 rings (SSSR count). The van der Waals surface area contributed by atoms with Gasteiger partial charge in [-0.2, -0.15) is 0 Å². The Morgan fingerprint density at radius 1 is 0.432 bits per heavy atom. The third-order valence-corrected chi connectivity index (χ3v) is 8.11. The minimum absolute atomic E-state index is 0.446. The largest absolute Gasteiger partial charge is 0.493 e. The highest BCUT2D eigenvalue weighted by Crippen LogP contribution is 2.39. The second kappa shape index (κ2) is 14.7. The van der Waals surface area contributed by atoms with Gasteiger partial charge in [-0.15, -0.1) is 0 Å². The second-order valence-corrected chi connectivity index (χ2v) is 11.1. The Balaban J connectivity index is 1.82. The summed E-state index contributed by atoms with van der Waals surface area (Å²) in [7, 11) is 0. The summed E-state index contributed by atoms with van der Waals surface area (Å²) in [5.41, 5.74) is 23.5. The first-order valence-corrected chi connectivity index (χ1v) is 15.9. The van der Waals surface area contributed by atoms with Crippen molar-refractivity contribution in [2.45, 2.75) is 66.5 Å². The summed E-state index contributed by atoms with van der Waals surface area (Å²) in [6, 6.07) is 21.6. The molecule has 44 heavy (non-hydrogen) atoms. The molecule has 1 aliphatic rings. The molecule has 232 valence electrons. The number of para-hydroxylation sites is 2. The molecule has 0 radical (unpaired) electrons. The van der Waals surface area contributed by atoms with Gasteiger partial charge in [0.2, 0.25) is 0 Å². The van der Waals surface area contributed by atoms with Crippen molar-refractivity contribution < 1.29 is 18.9 Å². The topological polar surface area (TPSA) is 89.0 Å². The molecule has 0 aromatic heterocycles. The summed E-state index contributed by atoms with van der Waals surface area (Å²) >= 11 is 0. The normalized spacial score (nSPS) is 12.5. The second-order valence-electron chi connectivity index (χ2n) is 11.1. The van der Waals surface area contributed by atoms with Crippen LogP contribution in [0.3, 0.4) is 0 Å². The van der Waals surface area contributed by atoms with Crippen LogP contribution in [0.5, 0.6) is 23.0 Å². The van der Waals surface area contributed by atoms with Crippen molar-refractivity contribution in [3.05, 3.63) is 116 Å². The lowest BCUT2D eigenvalue weighted by molar-refractivity contribution is 0.326. The lowest BCUT2D eigenvalue weighted by atomic mass is 9.89. The van der Waals surface area contributed by atoms with Gasteiger partial charge in [-0.05, 0) is 83.3 Å². The fraction of sp³-hybridized carbons (Fsp3) is 0.368. The molecule has 0 aliphatic heterocycles. The molecule has 1 aliphatic carbocycles. The summed E-state index contributed by atoms with van der Waals surface area (Å²) in [6.45, 7) is 11.3. The highest BCUT2D eigenvalue weighted by Gasteiger charge is 2.22. The Morgan fingerprint density at radius 2 is 0.682 bits per heavy atom. The van der Waals surface area contributed by atoms with Crippen molar-refractivity contribution in [1.82, 2.24) is 0 Å². The highest BCUT2D eigenvalue weighted by atomic mass is 16.5. The van der Waals surface area contributed by atoms with Gasteiger partial charge in [0.15, 0.2) is 0 Å². The Bertz CT molecular complexity index is 1390. The average Bonchev–Trinajstić information content (AvgIpc) is 3.02. The van der Waals surface area contributed by atoms with E-state index in [0.29, 0.717) is 65.2 Å². The van der Waals surface area contributed by atoms with Gasteiger partial charge in [-0.1, -0.05) is 60.7 Å². The van der Waals surface area contributed by atoms with Crippen molar-refractivity contribution in [2.24, 2.45) is 11.5 Å². The number of benzene rings is 4. The summed E-state index contributed by atoms with van der Waals surface area (Å²) in [5, 5.41) is 0. The van der Waals surface area contributed by atoms with E-state index < -0.39 is 0 Å². The zero-order valence-corrected chi connectivity index (χ0v) is 26.6. The fourth-order valence-electron chi connectivity index (χ4n) is 6.39. The average molecular weight is 595 g/mol. The van der Waals surface area contributed by atoms with E-state index in [1.165, 1.54) is 0 Å². The van der Waals surface area contributed by atoms with Crippen LogP contribution in [-0.2, 0) is 38.8 Å². The zero-order chi connectivity index (χ0) is 31.1. The van der Waals surface area contributed by atoms with Gasteiger partial charge in [0, 0.05) is 38.8 Å². The molecule has 0 unspecified atom stereocenters. The van der Waals surface area contributed by atoms with Crippen LogP contribution in [-0.4, -0.2) is 26.4 Å². The highest BCUT2D eigenvalue weighted by molar-refractivity contribution is 5.57. The maximum Gasteiger partial charge on any atom is 0.126 e. The molecule has 0 saturated heterocycles. The summed E-state index contributed by atoms with van der Waals surface area (Å²) in [4.78, 5) is 0. The third-order valence-electron chi connectivity index (χ3n) is 8.11. The molecule has 4 N–H and O–H groups in total. The first kappa shape index (κ1) is 31.4. The van der Waals surface area contributed by atoms with Gasteiger partial charge >= 0.3 is 0 Å². The van der Waals surface area contributed by atoms with Gasteiger partial charge in [-0.25, -0.2) is 0 Å². The maximum atomic E-state index is 6.41. The minimum Gasteiger partial charge on any atom is -0.493 e. The van der Waals surface area contributed by atoms with Crippen LogP contribution in [0.15, 0.2) is 60.7 Å². The molecule has 0 fully saturated rings. The monoisotopic (exact) mass is 594 g/mol. The van der Waals surface area contributed by atoms with E-state index in [4.69, 9.17) is 30.4 Å². The van der Waals surface area contributed by atoms with Crippen molar-refractivity contribution in [2.75, 3.05) is 26.4 Å². The number of ether oxygens (including phenoxy) is 4. The quantitative estimate of drug-likeness (QED) is 0.183. The van der Waals surface area contributed by atoms with E-state index in [1.54, 1.807) is 0 Å². The van der Waals surface area contributed by atoms with Gasteiger partial charge < -0.3 is 30.4 Å². The molecular weight excluding hydrogens is 548 g/mol. The lowest BCUT2D eigenvalue weighted by Crippen LogP contribution is -2.11. The standard InChI is InChI=1S/C38H46N2O4/c1-5-41-35-27-11-9-12-28(35)20-32-16-26(24-40)18-34(38(32)44-8-4)22-30-14-10-13-29(36(30)42-6-2)21-33-17-25(23-39)15-31(19-27)37(33)43-7-3/h9-18H,5-8,19-24,39-40H2,1-4H3. The molecule has 0 amide bonds. The Labute approximate surface area is 262 Å². The van der Waals surface area contributed by atoms with Crippen molar-refractivity contribution >= 4 is 0 Å². The molecule has 0 spiro atoms. The molecule has 6 nitrogen and oxygen atoms in total. The van der Waals surface area contributed by atoms with E-state index in [9.17, 15) is 0 Å². The van der Waals surface area contributed by atoms with Crippen molar-refractivity contribution in [1.29, 1.82) is 0 Å². The summed E-state index contributed by atoms with van der Waals surface area (Å²) < 4.78 is 25.6. The van der Waals surface area contributed by atoms with Gasteiger partial charge in [0.25, 0.3) is 0 Å². The van der Waals surface area contributed by atoms with Crippen LogP contribution in [0.25, 0.3) is 0 Å². The van der Waals surface area contributed by atoms with Crippen LogP contribution < -0.4 is 30.4 Å². The number of nitrogens with two attached hydrogens (primary N) is 2. The fourth-order valence-corrected chi connectivity index (χ4v) is 6.39. The lowest BCUT2D eigenvalue weighted by Gasteiger charge is -2.23. The van der Waals surface area contributed by atoms with E-state index in [0.717, 1.165) is 78.6 Å². The van der Waals surface area contributed by atoms with E-state index >= 15 is 0 Å². The number of hydrogen-bond donors (Lipinski definition) is 2. The van der Waals surface area contributed by atoms with Gasteiger partial charge in [0.05, 0.1) is 26.4 Å². The van der Waals surface area contributed by atoms with Crippen LogP contribution in [0.2, 0.25) is 0 Å². The van der Waals surface area contributed by atoms with Gasteiger partial charge in [-0.3, -0.25) is 0 Å². The molecule has 6 heteroatoms. The molecule has 4 aromatic carbocycles. The van der Waals surface area contributed by atoms with Crippen LogP contribution in [0, 0.1) is 0 Å². The Hall–Kier alpha value is -4.00. The Morgan fingerprint density at radius 3 is 0.909 bits per heavy atom. The van der Waals surface area contributed by atoms with Crippen LogP contribution in [0.1, 0.15) is 83.3 Å². The summed E-state index contributed by atoms with van der Waals surface area (Å²) in [5.74, 6) is 3.65. The van der Waals surface area contributed by atoms with Crippen LogP contribution >= 0.6 is 0 Å². The van der Waals surface area contributed by atoms with E-state index in [1.807, 2.05) is 27.7 Å². The predicted molar refractivity (Wildman–Crippen MR) is 177 cm³/mol. The number of rotatable bonds is 10. The molecule has 0 heterocycles. The van der Waals surface area contributed by atoms with E-state index in [2.05, 4.69) is 60.7 Å². The van der Waals surface area contributed by atoms with Crippen molar-refractivity contribution in [3.8, 4) is 23.0 Å². The summed E-state index contributed by atoms with van der Waals surface area (Å²) in [6.07, 6.45) is 2.63. The maximum absolute atomic E-state index is 6.41. The predicted octanol–water partition coefficient (Wildman–Crippen LogP) is 6.88. The SMILES string of the molecule is CCOc1c2cccc1Cc1cc(CN)cc(c1OCC)Cc1cccc(c1OCC)Cc1cc(CN)cc(c1OCC)C2. The smallest absolute Gasteiger partial charge is 0.126 e. The molecule has 0 atom stereocenters. The minimum atomic E-state index is 0.446. The molecule has 4 aromatic rings. The molecule has 8 bridgehead atoms. The van der Waals surface area contributed by atoms with Crippen molar-refractivity contribution in [3.63, 3.8) is 0 Å². The van der Waals surface area contributed by atoms with Crippen LogP contribution in [0.4, 0.5) is 0 Å². The Kier molecular flexibility index (Phi) is 10.5. The first-order valence-electron chi connectivity index (χ1n) is 15.9. The molecule has 0 saturated carbocycles. The third kappa shape index (κ3) is 6.72. The van der Waals surface area contributed by atoms with E-state index in [-0.39, 0.29) is 0 Å². The number of fused-ring (bicyclic) bond motifs is 8. The molecular formula is C38H46N2O4.